The van der Waals surface area contributed by atoms with Crippen LogP contribution in [0.2, 0.25) is 0 Å². The highest BCUT2D eigenvalue weighted by atomic mass is 16.5. The Hall–Kier alpha value is -0.120. The zero-order valence-electron chi connectivity index (χ0n) is 8.04. The summed E-state index contributed by atoms with van der Waals surface area (Å²) in [7, 11) is 0. The lowest BCUT2D eigenvalue weighted by Crippen LogP contribution is -2.39. The second-order valence-corrected chi connectivity index (χ2v) is 4.25. The van der Waals surface area contributed by atoms with Gasteiger partial charge in [-0.05, 0) is 25.3 Å². The van der Waals surface area contributed by atoms with Crippen molar-refractivity contribution in [1.29, 1.82) is 0 Å². The van der Waals surface area contributed by atoms with Crippen LogP contribution >= 0.6 is 0 Å². The van der Waals surface area contributed by atoms with E-state index in [1.807, 2.05) is 0 Å². The third kappa shape index (κ3) is 2.93. The Balaban J connectivity index is 1.51. The molecule has 2 aliphatic rings. The van der Waals surface area contributed by atoms with Crippen LogP contribution in [0.25, 0.3) is 0 Å². The lowest BCUT2D eigenvalue weighted by molar-refractivity contribution is 0.122. The maximum Gasteiger partial charge on any atom is 0.0948 e. The molecule has 3 heteroatoms. The lowest BCUT2D eigenvalue weighted by Gasteiger charge is -2.13. The summed E-state index contributed by atoms with van der Waals surface area (Å²) in [4.78, 5) is 0. The van der Waals surface area contributed by atoms with Gasteiger partial charge >= 0.3 is 0 Å². The third-order valence-electron chi connectivity index (χ3n) is 2.94. The molecule has 0 aromatic carbocycles. The van der Waals surface area contributed by atoms with Crippen LogP contribution in [0.15, 0.2) is 0 Å². The van der Waals surface area contributed by atoms with Gasteiger partial charge in [-0.2, -0.15) is 0 Å². The van der Waals surface area contributed by atoms with Gasteiger partial charge in [-0.15, -0.1) is 0 Å². The Morgan fingerprint density at radius 2 is 2.15 bits per heavy atom. The maximum absolute atomic E-state index is 9.42. The van der Waals surface area contributed by atoms with Crippen LogP contribution in [-0.2, 0) is 4.74 Å². The van der Waals surface area contributed by atoms with E-state index < -0.39 is 0 Å². The SMILES string of the molecule is OC1COCC1NCCCC1CC1. The molecule has 3 nitrogen and oxygen atoms in total. The topological polar surface area (TPSA) is 41.5 Å². The van der Waals surface area contributed by atoms with Gasteiger partial charge in [-0.3, -0.25) is 0 Å². The van der Waals surface area contributed by atoms with E-state index in [0.717, 1.165) is 12.5 Å². The van der Waals surface area contributed by atoms with Gasteiger partial charge in [0.05, 0.1) is 25.4 Å². The standard InChI is InChI=1S/C10H19NO2/c12-10-7-13-6-9(10)11-5-1-2-8-3-4-8/h8-12H,1-7H2. The van der Waals surface area contributed by atoms with Crippen LogP contribution in [0.3, 0.4) is 0 Å². The van der Waals surface area contributed by atoms with Crippen LogP contribution in [0.1, 0.15) is 25.7 Å². The summed E-state index contributed by atoms with van der Waals surface area (Å²) >= 11 is 0. The smallest absolute Gasteiger partial charge is 0.0948 e. The van der Waals surface area contributed by atoms with Crippen molar-refractivity contribution in [3.05, 3.63) is 0 Å². The number of aliphatic hydroxyl groups is 1. The van der Waals surface area contributed by atoms with E-state index in [1.165, 1.54) is 25.7 Å². The molecular weight excluding hydrogens is 166 g/mol. The summed E-state index contributed by atoms with van der Waals surface area (Å²) in [6.07, 6.45) is 5.19. The quantitative estimate of drug-likeness (QED) is 0.614. The summed E-state index contributed by atoms with van der Waals surface area (Å²) < 4.78 is 5.15. The molecule has 2 atom stereocenters. The van der Waals surface area contributed by atoms with Gasteiger partial charge in [-0.1, -0.05) is 12.8 Å². The molecule has 2 fully saturated rings. The molecule has 1 aliphatic heterocycles. The summed E-state index contributed by atoms with van der Waals surface area (Å²) in [5.41, 5.74) is 0. The fourth-order valence-corrected chi connectivity index (χ4v) is 1.82. The number of hydrogen-bond acceptors (Lipinski definition) is 3. The monoisotopic (exact) mass is 185 g/mol. The van der Waals surface area contributed by atoms with Crippen LogP contribution in [0, 0.1) is 5.92 Å². The van der Waals surface area contributed by atoms with Crippen LogP contribution in [-0.4, -0.2) is 37.0 Å². The van der Waals surface area contributed by atoms with Gasteiger partial charge in [-0.25, -0.2) is 0 Å². The van der Waals surface area contributed by atoms with Crippen molar-refractivity contribution in [2.45, 2.75) is 37.8 Å². The first kappa shape index (κ1) is 9.44. The molecule has 0 bridgehead atoms. The van der Waals surface area contributed by atoms with E-state index in [-0.39, 0.29) is 12.1 Å². The molecule has 76 valence electrons. The van der Waals surface area contributed by atoms with Crippen molar-refractivity contribution in [1.82, 2.24) is 5.32 Å². The normalized spacial score (nSPS) is 33.9. The first-order valence-corrected chi connectivity index (χ1v) is 5.35. The van der Waals surface area contributed by atoms with Crippen LogP contribution < -0.4 is 5.32 Å². The fraction of sp³-hybridized carbons (Fsp3) is 1.00. The van der Waals surface area contributed by atoms with Gasteiger partial charge in [0.25, 0.3) is 0 Å². The Bertz CT molecular complexity index is 159. The van der Waals surface area contributed by atoms with Gasteiger partial charge in [0, 0.05) is 0 Å². The second kappa shape index (κ2) is 4.40. The Labute approximate surface area is 79.5 Å². The third-order valence-corrected chi connectivity index (χ3v) is 2.94. The molecule has 1 saturated heterocycles. The molecule has 2 N–H and O–H groups in total. The highest BCUT2D eigenvalue weighted by Crippen LogP contribution is 2.33. The summed E-state index contributed by atoms with van der Waals surface area (Å²) in [6, 6.07) is 0.180. The molecule has 2 rings (SSSR count). The lowest BCUT2D eigenvalue weighted by atomic mass is 10.2. The molecule has 0 spiro atoms. The number of nitrogens with one attached hydrogen (secondary N) is 1. The minimum Gasteiger partial charge on any atom is -0.389 e. The summed E-state index contributed by atoms with van der Waals surface area (Å²) in [5.74, 6) is 1.02. The van der Waals surface area contributed by atoms with Crippen molar-refractivity contribution in [3.8, 4) is 0 Å². The van der Waals surface area contributed by atoms with Gasteiger partial charge in [0.15, 0.2) is 0 Å². The minimum atomic E-state index is -0.291. The van der Waals surface area contributed by atoms with Crippen molar-refractivity contribution >= 4 is 0 Å². The van der Waals surface area contributed by atoms with Crippen LogP contribution in [0.5, 0.6) is 0 Å². The molecule has 0 radical (unpaired) electrons. The Morgan fingerprint density at radius 1 is 1.31 bits per heavy atom. The molecule has 0 aromatic rings. The molecule has 13 heavy (non-hydrogen) atoms. The van der Waals surface area contributed by atoms with Crippen LogP contribution in [0.4, 0.5) is 0 Å². The average molecular weight is 185 g/mol. The van der Waals surface area contributed by atoms with E-state index in [1.54, 1.807) is 0 Å². The number of aliphatic hydroxyl groups excluding tert-OH is 1. The molecular formula is C10H19NO2. The molecule has 1 saturated carbocycles. The van der Waals surface area contributed by atoms with E-state index >= 15 is 0 Å². The predicted octanol–water partition coefficient (Wildman–Crippen LogP) is 0.526. The van der Waals surface area contributed by atoms with Gasteiger partial charge < -0.3 is 15.2 Å². The van der Waals surface area contributed by atoms with Crippen molar-refractivity contribution in [2.24, 2.45) is 5.92 Å². The highest BCUT2D eigenvalue weighted by Gasteiger charge is 2.25. The average Bonchev–Trinajstić information content (AvgIpc) is 2.86. The Kier molecular flexibility index (Phi) is 3.19. The van der Waals surface area contributed by atoms with E-state index in [2.05, 4.69) is 5.32 Å². The van der Waals surface area contributed by atoms with Crippen molar-refractivity contribution in [2.75, 3.05) is 19.8 Å². The summed E-state index contributed by atoms with van der Waals surface area (Å²) in [5, 5.41) is 12.8. The first-order chi connectivity index (χ1) is 6.36. The van der Waals surface area contributed by atoms with E-state index in [4.69, 9.17) is 4.74 Å². The van der Waals surface area contributed by atoms with Gasteiger partial charge in [0.1, 0.15) is 0 Å². The minimum absolute atomic E-state index is 0.180. The summed E-state index contributed by atoms with van der Waals surface area (Å²) in [6.45, 7) is 2.20. The Morgan fingerprint density at radius 3 is 2.77 bits per heavy atom. The number of hydrogen-bond donors (Lipinski definition) is 2. The first-order valence-electron chi connectivity index (χ1n) is 5.35. The predicted molar refractivity (Wildman–Crippen MR) is 50.6 cm³/mol. The van der Waals surface area contributed by atoms with E-state index in [0.29, 0.717) is 13.2 Å². The number of ether oxygens (including phenoxy) is 1. The molecule has 1 heterocycles. The molecule has 0 aromatic heterocycles. The fourth-order valence-electron chi connectivity index (χ4n) is 1.82. The van der Waals surface area contributed by atoms with E-state index in [9.17, 15) is 5.11 Å². The second-order valence-electron chi connectivity index (χ2n) is 4.25. The maximum atomic E-state index is 9.42. The zero-order valence-corrected chi connectivity index (χ0v) is 8.04. The molecule has 2 unspecified atom stereocenters. The zero-order chi connectivity index (χ0) is 9.10. The largest absolute Gasteiger partial charge is 0.389 e. The highest BCUT2D eigenvalue weighted by molar-refractivity contribution is 4.81. The molecule has 1 aliphatic carbocycles. The van der Waals surface area contributed by atoms with Gasteiger partial charge in [0.2, 0.25) is 0 Å². The van der Waals surface area contributed by atoms with Crippen molar-refractivity contribution in [3.63, 3.8) is 0 Å². The van der Waals surface area contributed by atoms with Crippen molar-refractivity contribution < 1.29 is 9.84 Å². The molecule has 0 amide bonds. The number of rotatable bonds is 5.